The SMILES string of the molecule is CCCC(=O)c1ccccc1C(=O)N[C@@H](CCS(=O)(=O)O)C(=O)O. The van der Waals surface area contributed by atoms with E-state index in [1.165, 1.54) is 18.2 Å². The third-order valence-corrected chi connectivity index (χ3v) is 3.97. The minimum absolute atomic E-state index is 0.0223. The molecule has 0 heterocycles. The van der Waals surface area contributed by atoms with Gasteiger partial charge in [0.2, 0.25) is 0 Å². The number of benzene rings is 1. The summed E-state index contributed by atoms with van der Waals surface area (Å²) in [6.45, 7) is 1.82. The Morgan fingerprint density at radius 3 is 2.25 bits per heavy atom. The molecule has 1 aromatic rings. The lowest BCUT2D eigenvalue weighted by Crippen LogP contribution is -2.42. The van der Waals surface area contributed by atoms with Gasteiger partial charge in [0, 0.05) is 12.0 Å². The fraction of sp³-hybridized carbons (Fsp3) is 0.400. The van der Waals surface area contributed by atoms with Crippen molar-refractivity contribution in [2.24, 2.45) is 0 Å². The van der Waals surface area contributed by atoms with E-state index in [0.29, 0.717) is 6.42 Å². The van der Waals surface area contributed by atoms with Crippen molar-refractivity contribution in [2.45, 2.75) is 32.2 Å². The van der Waals surface area contributed by atoms with E-state index in [2.05, 4.69) is 5.32 Å². The highest BCUT2D eigenvalue weighted by Crippen LogP contribution is 2.13. The van der Waals surface area contributed by atoms with Crippen LogP contribution in [0.2, 0.25) is 0 Å². The summed E-state index contributed by atoms with van der Waals surface area (Å²) in [6.07, 6.45) is 0.348. The summed E-state index contributed by atoms with van der Waals surface area (Å²) in [7, 11) is -4.35. The summed E-state index contributed by atoms with van der Waals surface area (Å²) in [4.78, 5) is 35.5. The molecule has 1 atom stereocenters. The highest BCUT2D eigenvalue weighted by atomic mass is 32.2. The van der Waals surface area contributed by atoms with Gasteiger partial charge >= 0.3 is 5.97 Å². The predicted octanol–water partition coefficient (Wildman–Crippen LogP) is 1.13. The summed E-state index contributed by atoms with van der Waals surface area (Å²) >= 11 is 0. The summed E-state index contributed by atoms with van der Waals surface area (Å²) in [5, 5.41) is 11.2. The van der Waals surface area contributed by atoms with Crippen molar-refractivity contribution in [2.75, 3.05) is 5.75 Å². The molecule has 0 aliphatic heterocycles. The molecular formula is C15H19NO7S. The standard InChI is InChI=1S/C15H19NO7S/c1-2-5-13(17)10-6-3-4-7-11(10)14(18)16-12(15(19)20)8-9-24(21,22)23/h3-4,6-7,12H,2,5,8-9H2,1H3,(H,16,18)(H,19,20)(H,21,22,23)/t12-/m0/s1. The molecule has 0 spiro atoms. The van der Waals surface area contributed by atoms with Crippen LogP contribution in [0.5, 0.6) is 0 Å². The summed E-state index contributed by atoms with van der Waals surface area (Å²) < 4.78 is 30.2. The van der Waals surface area contributed by atoms with Crippen molar-refractivity contribution in [3.8, 4) is 0 Å². The number of carboxylic acids is 1. The van der Waals surface area contributed by atoms with Crippen LogP contribution in [0.25, 0.3) is 0 Å². The fourth-order valence-electron chi connectivity index (χ4n) is 2.05. The molecule has 132 valence electrons. The summed E-state index contributed by atoms with van der Waals surface area (Å²) in [6, 6.07) is 4.48. The Hall–Kier alpha value is -2.26. The van der Waals surface area contributed by atoms with E-state index in [1.54, 1.807) is 6.07 Å². The molecule has 0 aliphatic rings. The lowest BCUT2D eigenvalue weighted by molar-refractivity contribution is -0.139. The smallest absolute Gasteiger partial charge is 0.326 e. The number of carboxylic acid groups (broad SMARTS) is 1. The predicted molar refractivity (Wildman–Crippen MR) is 85.6 cm³/mol. The number of rotatable bonds is 9. The van der Waals surface area contributed by atoms with Gasteiger partial charge in [-0.2, -0.15) is 8.42 Å². The number of nitrogens with one attached hydrogen (secondary N) is 1. The quantitative estimate of drug-likeness (QED) is 0.445. The van der Waals surface area contributed by atoms with Crippen LogP contribution in [0.15, 0.2) is 24.3 Å². The van der Waals surface area contributed by atoms with Crippen molar-refractivity contribution >= 4 is 27.8 Å². The third kappa shape index (κ3) is 6.09. The van der Waals surface area contributed by atoms with Gasteiger partial charge in [0.15, 0.2) is 5.78 Å². The zero-order chi connectivity index (χ0) is 18.3. The van der Waals surface area contributed by atoms with Crippen LogP contribution in [0.4, 0.5) is 0 Å². The normalized spacial score (nSPS) is 12.4. The van der Waals surface area contributed by atoms with Gasteiger partial charge in [0.05, 0.1) is 11.3 Å². The van der Waals surface area contributed by atoms with Crippen LogP contribution in [-0.2, 0) is 14.9 Å². The second-order valence-corrected chi connectivity index (χ2v) is 6.73. The van der Waals surface area contributed by atoms with E-state index in [1.807, 2.05) is 6.92 Å². The van der Waals surface area contributed by atoms with Gasteiger partial charge in [-0.25, -0.2) is 4.79 Å². The van der Waals surface area contributed by atoms with Gasteiger partial charge in [-0.05, 0) is 18.9 Å². The Balaban J connectivity index is 2.96. The van der Waals surface area contributed by atoms with Gasteiger partial charge in [-0.1, -0.05) is 25.1 Å². The highest BCUT2D eigenvalue weighted by molar-refractivity contribution is 7.85. The number of hydrogen-bond acceptors (Lipinski definition) is 5. The maximum atomic E-state index is 12.3. The highest BCUT2D eigenvalue weighted by Gasteiger charge is 2.24. The zero-order valence-corrected chi connectivity index (χ0v) is 13.9. The number of amides is 1. The molecular weight excluding hydrogens is 338 g/mol. The molecule has 0 bridgehead atoms. The molecule has 24 heavy (non-hydrogen) atoms. The van der Waals surface area contributed by atoms with E-state index < -0.39 is 40.2 Å². The molecule has 0 saturated heterocycles. The van der Waals surface area contributed by atoms with Crippen LogP contribution in [-0.4, -0.2) is 47.5 Å². The van der Waals surface area contributed by atoms with Gasteiger partial charge in [-0.15, -0.1) is 0 Å². The molecule has 0 unspecified atom stereocenters. The van der Waals surface area contributed by atoms with Gasteiger partial charge in [0.25, 0.3) is 16.0 Å². The Kier molecular flexibility index (Phi) is 7.05. The Morgan fingerprint density at radius 2 is 1.75 bits per heavy atom. The largest absolute Gasteiger partial charge is 0.480 e. The first-order valence-electron chi connectivity index (χ1n) is 7.26. The van der Waals surface area contributed by atoms with Crippen molar-refractivity contribution in [3.63, 3.8) is 0 Å². The molecule has 1 amide bonds. The van der Waals surface area contributed by atoms with E-state index in [0.717, 1.165) is 0 Å². The maximum Gasteiger partial charge on any atom is 0.326 e. The number of Topliss-reactive ketones (excluding diaryl/α,β-unsaturated/α-hetero) is 1. The van der Waals surface area contributed by atoms with E-state index in [-0.39, 0.29) is 23.3 Å². The van der Waals surface area contributed by atoms with E-state index >= 15 is 0 Å². The molecule has 0 aromatic heterocycles. The molecule has 0 saturated carbocycles. The average Bonchev–Trinajstić information content (AvgIpc) is 2.50. The summed E-state index contributed by atoms with van der Waals surface area (Å²) in [5.74, 6) is -3.28. The first-order valence-corrected chi connectivity index (χ1v) is 8.87. The number of carbonyl (C=O) groups excluding carboxylic acids is 2. The number of ketones is 1. The number of carbonyl (C=O) groups is 3. The molecule has 9 heteroatoms. The van der Waals surface area contributed by atoms with Gasteiger partial charge in [-0.3, -0.25) is 14.1 Å². The first kappa shape index (κ1) is 19.8. The van der Waals surface area contributed by atoms with Crippen LogP contribution >= 0.6 is 0 Å². The van der Waals surface area contributed by atoms with E-state index in [4.69, 9.17) is 9.66 Å². The molecule has 0 aliphatic carbocycles. The van der Waals surface area contributed by atoms with Crippen LogP contribution in [0.3, 0.4) is 0 Å². The van der Waals surface area contributed by atoms with Crippen LogP contribution < -0.4 is 5.32 Å². The zero-order valence-electron chi connectivity index (χ0n) is 13.1. The molecule has 1 aromatic carbocycles. The van der Waals surface area contributed by atoms with Crippen molar-refractivity contribution in [1.29, 1.82) is 0 Å². The van der Waals surface area contributed by atoms with Crippen LogP contribution in [0.1, 0.15) is 46.9 Å². The fourth-order valence-corrected chi connectivity index (χ4v) is 2.58. The van der Waals surface area contributed by atoms with Crippen molar-refractivity contribution < 1.29 is 32.5 Å². The molecule has 8 nitrogen and oxygen atoms in total. The van der Waals surface area contributed by atoms with Crippen molar-refractivity contribution in [3.05, 3.63) is 35.4 Å². The second-order valence-electron chi connectivity index (χ2n) is 5.16. The van der Waals surface area contributed by atoms with Gasteiger partial charge in [0.1, 0.15) is 6.04 Å². The van der Waals surface area contributed by atoms with Gasteiger partial charge < -0.3 is 10.4 Å². The number of aliphatic carboxylic acids is 1. The topological polar surface area (TPSA) is 138 Å². The lowest BCUT2D eigenvalue weighted by Gasteiger charge is -2.15. The average molecular weight is 357 g/mol. The monoisotopic (exact) mass is 357 g/mol. The molecule has 0 fully saturated rings. The Morgan fingerprint density at radius 1 is 1.17 bits per heavy atom. The maximum absolute atomic E-state index is 12.3. The molecule has 1 rings (SSSR count). The van der Waals surface area contributed by atoms with E-state index in [9.17, 15) is 22.8 Å². The third-order valence-electron chi connectivity index (χ3n) is 3.22. The lowest BCUT2D eigenvalue weighted by atomic mass is 10.00. The number of hydrogen-bond donors (Lipinski definition) is 3. The summed E-state index contributed by atoms with van der Waals surface area (Å²) in [5.41, 5.74) is 0.199. The molecule has 3 N–H and O–H groups in total. The van der Waals surface area contributed by atoms with Crippen molar-refractivity contribution in [1.82, 2.24) is 5.32 Å². The minimum atomic E-state index is -4.35. The Bertz CT molecular complexity index is 727. The first-order chi connectivity index (χ1) is 11.2. The Labute approximate surface area is 139 Å². The minimum Gasteiger partial charge on any atom is -0.480 e. The second kappa shape index (κ2) is 8.55. The van der Waals surface area contributed by atoms with Crippen LogP contribution in [0, 0.1) is 0 Å². The molecule has 0 radical (unpaired) electrons.